The fraction of sp³-hybridized carbons (Fsp3) is 0.167. The number of hydrogen-bond donors (Lipinski definition) is 0. The van der Waals surface area contributed by atoms with Crippen LogP contribution in [0.5, 0.6) is 5.75 Å². The highest BCUT2D eigenvalue weighted by Crippen LogP contribution is 2.28. The zero-order valence-corrected chi connectivity index (χ0v) is 15.0. The number of aromatic nitrogens is 3. The summed E-state index contributed by atoms with van der Waals surface area (Å²) in [6.45, 7) is 1.95. The van der Waals surface area contributed by atoms with Gasteiger partial charge in [-0.25, -0.2) is 0 Å². The predicted molar refractivity (Wildman–Crippen MR) is 99.6 cm³/mol. The highest BCUT2D eigenvalue weighted by molar-refractivity contribution is 7.99. The van der Waals surface area contributed by atoms with E-state index in [1.807, 2.05) is 61.5 Å². The van der Waals surface area contributed by atoms with Crippen LogP contribution in [0.15, 0.2) is 64.9 Å². The predicted octanol–water partition coefficient (Wildman–Crippen LogP) is 4.43. The van der Waals surface area contributed by atoms with E-state index < -0.39 is 0 Å². The van der Waals surface area contributed by atoms with Crippen LogP contribution in [0.1, 0.15) is 24.4 Å². The van der Waals surface area contributed by atoms with Gasteiger partial charge in [0, 0.05) is 10.8 Å². The Bertz CT molecular complexity index is 909. The second-order valence-corrected chi connectivity index (χ2v) is 6.95. The van der Waals surface area contributed by atoms with E-state index in [-0.39, 0.29) is 6.10 Å². The molecule has 1 aliphatic heterocycles. The van der Waals surface area contributed by atoms with Crippen molar-refractivity contribution < 1.29 is 4.74 Å². The molecule has 4 rings (SSSR count). The second kappa shape index (κ2) is 6.90. The van der Waals surface area contributed by atoms with Crippen LogP contribution >= 0.6 is 23.4 Å². The van der Waals surface area contributed by atoms with Gasteiger partial charge in [-0.15, -0.1) is 10.2 Å². The quantitative estimate of drug-likeness (QED) is 0.681. The van der Waals surface area contributed by atoms with E-state index in [1.54, 1.807) is 16.4 Å². The lowest BCUT2D eigenvalue weighted by Crippen LogP contribution is -2.17. The minimum atomic E-state index is -0.266. The summed E-state index contributed by atoms with van der Waals surface area (Å²) >= 11 is 7.58. The van der Waals surface area contributed by atoms with Gasteiger partial charge in [0.2, 0.25) is 5.16 Å². The van der Waals surface area contributed by atoms with Crippen LogP contribution in [0.3, 0.4) is 0 Å². The molecule has 0 radical (unpaired) electrons. The molecule has 1 aliphatic rings. The molecular weight excluding hydrogens is 356 g/mol. The third-order valence-electron chi connectivity index (χ3n) is 3.79. The first-order chi connectivity index (χ1) is 12.2. The normalized spacial score (nSPS) is 14.6. The summed E-state index contributed by atoms with van der Waals surface area (Å²) in [7, 11) is 0. The molecule has 0 unspecified atom stereocenters. The molecule has 2 heterocycles. The Hall–Kier alpha value is -2.31. The molecular formula is C18H15ClN4OS. The molecule has 1 aromatic heterocycles. The van der Waals surface area contributed by atoms with Crippen LogP contribution in [0.25, 0.3) is 0 Å². The number of thioether (sulfide) groups is 1. The van der Waals surface area contributed by atoms with Crippen LogP contribution in [0.4, 0.5) is 0 Å². The van der Waals surface area contributed by atoms with Gasteiger partial charge in [-0.05, 0) is 36.8 Å². The number of ether oxygens (including phenoxy) is 1. The van der Waals surface area contributed by atoms with Crippen molar-refractivity contribution in [3.63, 3.8) is 0 Å². The molecule has 0 saturated carbocycles. The monoisotopic (exact) mass is 370 g/mol. The zero-order chi connectivity index (χ0) is 17.2. The summed E-state index contributed by atoms with van der Waals surface area (Å²) in [5.41, 5.74) is 2.00. The minimum Gasteiger partial charge on any atom is -0.483 e. The summed E-state index contributed by atoms with van der Waals surface area (Å²) in [5, 5.41) is 14.7. The SMILES string of the molecule is C[C@H](Oc1ccccc1)c1nnc2n1N=C(c1ccc(Cl)cc1)CS2. The van der Waals surface area contributed by atoms with Gasteiger partial charge in [0.1, 0.15) is 5.75 Å². The number of halogens is 1. The molecule has 0 bridgehead atoms. The van der Waals surface area contributed by atoms with E-state index in [4.69, 9.17) is 21.4 Å². The van der Waals surface area contributed by atoms with Gasteiger partial charge in [-0.3, -0.25) is 0 Å². The highest BCUT2D eigenvalue weighted by atomic mass is 35.5. The molecule has 0 N–H and O–H groups in total. The van der Waals surface area contributed by atoms with Gasteiger partial charge >= 0.3 is 0 Å². The number of fused-ring (bicyclic) bond motifs is 1. The molecule has 7 heteroatoms. The Morgan fingerprint density at radius 2 is 1.84 bits per heavy atom. The van der Waals surface area contributed by atoms with Gasteiger partial charge in [-0.2, -0.15) is 9.78 Å². The fourth-order valence-electron chi connectivity index (χ4n) is 2.54. The number of para-hydroxylation sites is 1. The standard InChI is InChI=1S/C18H15ClN4OS/c1-12(24-15-5-3-2-4-6-15)17-20-21-18-23(17)22-16(11-25-18)13-7-9-14(19)10-8-13/h2-10,12H,11H2,1H3/t12-/m0/s1. The van der Waals surface area contributed by atoms with E-state index in [0.717, 1.165) is 27.9 Å². The van der Waals surface area contributed by atoms with Gasteiger partial charge in [0.05, 0.1) is 5.71 Å². The molecule has 0 amide bonds. The number of nitrogens with zero attached hydrogens (tertiary/aromatic N) is 4. The van der Waals surface area contributed by atoms with E-state index in [2.05, 4.69) is 10.2 Å². The van der Waals surface area contributed by atoms with Crippen LogP contribution in [-0.2, 0) is 0 Å². The Kier molecular flexibility index (Phi) is 4.46. The van der Waals surface area contributed by atoms with Crippen molar-refractivity contribution in [2.45, 2.75) is 18.2 Å². The van der Waals surface area contributed by atoms with E-state index in [0.29, 0.717) is 10.8 Å². The van der Waals surface area contributed by atoms with Crippen molar-refractivity contribution in [3.8, 4) is 5.75 Å². The molecule has 1 atom stereocenters. The zero-order valence-electron chi connectivity index (χ0n) is 13.5. The average Bonchev–Trinajstić information content (AvgIpc) is 3.06. The summed E-state index contributed by atoms with van der Waals surface area (Å²) in [5.74, 6) is 2.21. The van der Waals surface area contributed by atoms with Crippen LogP contribution in [0, 0.1) is 0 Å². The van der Waals surface area contributed by atoms with Crippen molar-refractivity contribution in [1.82, 2.24) is 14.9 Å². The Morgan fingerprint density at radius 1 is 1.08 bits per heavy atom. The first-order valence-electron chi connectivity index (χ1n) is 7.84. The van der Waals surface area contributed by atoms with Crippen molar-refractivity contribution >= 4 is 29.1 Å². The first-order valence-corrected chi connectivity index (χ1v) is 9.20. The molecule has 2 aromatic carbocycles. The van der Waals surface area contributed by atoms with Crippen LogP contribution in [0.2, 0.25) is 5.02 Å². The summed E-state index contributed by atoms with van der Waals surface area (Å²) in [6.07, 6.45) is -0.266. The molecule has 0 spiro atoms. The van der Waals surface area contributed by atoms with Crippen molar-refractivity contribution in [3.05, 3.63) is 71.0 Å². The molecule has 0 saturated heterocycles. The van der Waals surface area contributed by atoms with Gasteiger partial charge < -0.3 is 4.74 Å². The van der Waals surface area contributed by atoms with Crippen LogP contribution < -0.4 is 4.74 Å². The number of hydrogen-bond acceptors (Lipinski definition) is 5. The van der Waals surface area contributed by atoms with E-state index >= 15 is 0 Å². The lowest BCUT2D eigenvalue weighted by molar-refractivity contribution is 0.211. The molecule has 0 aliphatic carbocycles. The Balaban J connectivity index is 1.63. The third-order valence-corrected chi connectivity index (χ3v) is 4.97. The second-order valence-electron chi connectivity index (χ2n) is 5.57. The maximum absolute atomic E-state index is 5.97. The van der Waals surface area contributed by atoms with E-state index in [9.17, 15) is 0 Å². The smallest absolute Gasteiger partial charge is 0.212 e. The molecule has 126 valence electrons. The lowest BCUT2D eigenvalue weighted by Gasteiger charge is -2.17. The maximum atomic E-state index is 5.97. The first kappa shape index (κ1) is 16.2. The largest absolute Gasteiger partial charge is 0.483 e. The van der Waals surface area contributed by atoms with Crippen molar-refractivity contribution in [2.24, 2.45) is 5.10 Å². The fourth-order valence-corrected chi connectivity index (χ4v) is 3.51. The van der Waals surface area contributed by atoms with E-state index in [1.165, 1.54) is 0 Å². The van der Waals surface area contributed by atoms with Crippen molar-refractivity contribution in [2.75, 3.05) is 5.75 Å². The summed E-state index contributed by atoms with van der Waals surface area (Å²) < 4.78 is 7.73. The highest BCUT2D eigenvalue weighted by Gasteiger charge is 2.24. The molecule has 5 nitrogen and oxygen atoms in total. The van der Waals surface area contributed by atoms with Crippen molar-refractivity contribution in [1.29, 1.82) is 0 Å². The van der Waals surface area contributed by atoms with Gasteiger partial charge in [0.15, 0.2) is 11.9 Å². The average molecular weight is 371 g/mol. The molecule has 0 fully saturated rings. The molecule has 25 heavy (non-hydrogen) atoms. The van der Waals surface area contributed by atoms with Crippen LogP contribution in [-0.4, -0.2) is 26.3 Å². The Labute approximate surface area is 154 Å². The lowest BCUT2D eigenvalue weighted by atomic mass is 10.1. The molecule has 3 aromatic rings. The van der Waals surface area contributed by atoms with Gasteiger partial charge in [0.25, 0.3) is 0 Å². The minimum absolute atomic E-state index is 0.266. The number of rotatable bonds is 4. The summed E-state index contributed by atoms with van der Waals surface area (Å²) in [4.78, 5) is 0. The maximum Gasteiger partial charge on any atom is 0.212 e. The number of benzene rings is 2. The summed E-state index contributed by atoms with van der Waals surface area (Å²) in [6, 6.07) is 17.4. The van der Waals surface area contributed by atoms with Gasteiger partial charge in [-0.1, -0.05) is 53.7 Å². The topological polar surface area (TPSA) is 52.3 Å². The Morgan fingerprint density at radius 3 is 2.60 bits per heavy atom. The third kappa shape index (κ3) is 3.41.